The summed E-state index contributed by atoms with van der Waals surface area (Å²) in [5.74, 6) is -0.128. The van der Waals surface area contributed by atoms with E-state index in [2.05, 4.69) is 36.1 Å². The van der Waals surface area contributed by atoms with Gasteiger partial charge in [-0.2, -0.15) is 9.40 Å². The lowest BCUT2D eigenvalue weighted by Crippen LogP contribution is -2.46. The largest absolute Gasteiger partial charge is 0.326 e. The van der Waals surface area contributed by atoms with E-state index in [9.17, 15) is 13.2 Å². The van der Waals surface area contributed by atoms with Crippen molar-refractivity contribution in [3.63, 3.8) is 0 Å². The number of carbonyl (C=O) groups is 1. The molecule has 0 saturated carbocycles. The molecule has 35 heavy (non-hydrogen) atoms. The van der Waals surface area contributed by atoms with E-state index in [1.807, 2.05) is 24.9 Å². The second-order valence-electron chi connectivity index (χ2n) is 9.50. The lowest BCUT2D eigenvalue weighted by atomic mass is 10.0. The van der Waals surface area contributed by atoms with Crippen LogP contribution in [0.2, 0.25) is 0 Å². The first-order chi connectivity index (χ1) is 16.6. The zero-order chi connectivity index (χ0) is 25.3. The molecule has 3 heterocycles. The lowest BCUT2D eigenvalue weighted by Gasteiger charge is -2.31. The number of aryl methyl sites for hydroxylation is 2. The number of piperazine rings is 1. The van der Waals surface area contributed by atoms with Crippen molar-refractivity contribution in [3.8, 4) is 0 Å². The number of fused-ring (bicyclic) bond motifs is 1. The van der Waals surface area contributed by atoms with Crippen molar-refractivity contribution in [1.29, 1.82) is 0 Å². The van der Waals surface area contributed by atoms with Gasteiger partial charge in [-0.15, -0.1) is 0 Å². The molecule has 0 spiro atoms. The van der Waals surface area contributed by atoms with Gasteiger partial charge in [-0.05, 0) is 76.6 Å². The zero-order valence-corrected chi connectivity index (χ0v) is 21.9. The fourth-order valence-electron chi connectivity index (χ4n) is 4.49. The highest BCUT2D eigenvalue weighted by atomic mass is 32.2. The first kappa shape index (κ1) is 25.3. The molecule has 0 aliphatic carbocycles. The number of hydrogen-bond acceptors (Lipinski definition) is 6. The molecule has 0 unspecified atom stereocenters. The van der Waals surface area contributed by atoms with Crippen LogP contribution < -0.4 is 5.32 Å². The Balaban J connectivity index is 1.40. The highest BCUT2D eigenvalue weighted by molar-refractivity contribution is 7.89. The first-order valence-electron chi connectivity index (χ1n) is 12.0. The van der Waals surface area contributed by atoms with E-state index < -0.39 is 10.0 Å². The molecule has 1 saturated heterocycles. The summed E-state index contributed by atoms with van der Waals surface area (Å²) in [6.07, 6.45) is 2.71. The number of nitrogens with zero attached hydrogens (tertiary/aromatic N) is 5. The van der Waals surface area contributed by atoms with E-state index in [1.165, 1.54) is 4.31 Å². The van der Waals surface area contributed by atoms with Crippen LogP contribution in [0.3, 0.4) is 0 Å². The molecule has 1 aliphatic rings. The first-order valence-corrected chi connectivity index (χ1v) is 13.4. The maximum atomic E-state index is 12.9. The minimum atomic E-state index is -3.53. The average Bonchev–Trinajstić information content (AvgIpc) is 3.24. The fraction of sp³-hybridized carbons (Fsp3) is 0.480. The molecule has 1 fully saturated rings. The Morgan fingerprint density at radius 1 is 1.09 bits per heavy atom. The summed E-state index contributed by atoms with van der Waals surface area (Å²) in [6, 6.07) is 6.62. The highest BCUT2D eigenvalue weighted by Gasteiger charge is 2.27. The van der Waals surface area contributed by atoms with Gasteiger partial charge in [0.2, 0.25) is 15.9 Å². The quantitative estimate of drug-likeness (QED) is 0.537. The number of likely N-dealkylation sites (N-methyl/N-ethyl adjacent to an activating group) is 1. The Morgan fingerprint density at radius 3 is 2.37 bits per heavy atom. The van der Waals surface area contributed by atoms with Crippen molar-refractivity contribution in [2.24, 2.45) is 0 Å². The number of rotatable bonds is 7. The molecule has 1 N–H and O–H groups in total. The van der Waals surface area contributed by atoms with Gasteiger partial charge in [-0.3, -0.25) is 4.79 Å². The van der Waals surface area contributed by atoms with Gasteiger partial charge in [0, 0.05) is 55.4 Å². The minimum absolute atomic E-state index is 0.128. The molecule has 2 aromatic heterocycles. The van der Waals surface area contributed by atoms with E-state index in [0.717, 1.165) is 40.9 Å². The van der Waals surface area contributed by atoms with Crippen molar-refractivity contribution in [2.75, 3.05) is 38.5 Å². The predicted octanol–water partition coefficient (Wildman–Crippen LogP) is 3.14. The Labute approximate surface area is 207 Å². The highest BCUT2D eigenvalue weighted by Crippen LogP contribution is 2.26. The third-order valence-corrected chi connectivity index (χ3v) is 8.58. The molecule has 0 atom stereocenters. The maximum absolute atomic E-state index is 12.9. The molecular weight excluding hydrogens is 464 g/mol. The number of nitrogens with one attached hydrogen (secondary N) is 1. The van der Waals surface area contributed by atoms with E-state index >= 15 is 0 Å². The summed E-state index contributed by atoms with van der Waals surface area (Å²) in [5.41, 5.74) is 4.52. The van der Waals surface area contributed by atoms with Crippen molar-refractivity contribution in [1.82, 2.24) is 24.0 Å². The van der Waals surface area contributed by atoms with Crippen LogP contribution in [0.1, 0.15) is 43.1 Å². The van der Waals surface area contributed by atoms with Crippen LogP contribution in [0.15, 0.2) is 35.4 Å². The number of pyridine rings is 1. The second-order valence-corrected chi connectivity index (χ2v) is 11.4. The van der Waals surface area contributed by atoms with Crippen molar-refractivity contribution in [2.45, 2.75) is 51.5 Å². The molecule has 10 heteroatoms. The van der Waals surface area contributed by atoms with Crippen LogP contribution in [0.5, 0.6) is 0 Å². The number of hydrogen-bond donors (Lipinski definition) is 1. The average molecular weight is 499 g/mol. The van der Waals surface area contributed by atoms with Crippen LogP contribution in [-0.2, 0) is 21.2 Å². The Kier molecular flexibility index (Phi) is 7.25. The third kappa shape index (κ3) is 5.24. The number of anilines is 1. The van der Waals surface area contributed by atoms with Gasteiger partial charge in [0.15, 0.2) is 5.65 Å². The van der Waals surface area contributed by atoms with Crippen molar-refractivity contribution < 1.29 is 13.2 Å². The van der Waals surface area contributed by atoms with Gasteiger partial charge in [0.05, 0.1) is 11.1 Å². The Morgan fingerprint density at radius 2 is 1.74 bits per heavy atom. The van der Waals surface area contributed by atoms with Gasteiger partial charge in [0.1, 0.15) is 0 Å². The predicted molar refractivity (Wildman–Crippen MR) is 137 cm³/mol. The maximum Gasteiger partial charge on any atom is 0.243 e. The monoisotopic (exact) mass is 498 g/mol. The summed E-state index contributed by atoms with van der Waals surface area (Å²) >= 11 is 0. The molecule has 3 aromatic rings. The smallest absolute Gasteiger partial charge is 0.243 e. The zero-order valence-electron chi connectivity index (χ0n) is 21.1. The topological polar surface area (TPSA) is 100 Å². The van der Waals surface area contributed by atoms with E-state index in [4.69, 9.17) is 4.98 Å². The van der Waals surface area contributed by atoms with Crippen molar-refractivity contribution in [3.05, 3.63) is 47.3 Å². The van der Waals surface area contributed by atoms with Gasteiger partial charge >= 0.3 is 0 Å². The summed E-state index contributed by atoms with van der Waals surface area (Å²) in [7, 11) is -1.54. The van der Waals surface area contributed by atoms with Gasteiger partial charge < -0.3 is 10.2 Å². The molecule has 0 radical (unpaired) electrons. The molecule has 1 aromatic carbocycles. The summed E-state index contributed by atoms with van der Waals surface area (Å²) in [6.45, 7) is 10.6. The number of benzene rings is 1. The lowest BCUT2D eigenvalue weighted by molar-refractivity contribution is -0.116. The summed E-state index contributed by atoms with van der Waals surface area (Å²) < 4.78 is 29.2. The standard InChI is InChI=1S/C25H34N6O3S/c1-17(2)31-25-23(16-26-31)18(3)22(19(4)27-25)10-11-24(32)28-20-6-8-21(9-7-20)35(33,34)30-14-12-29(5)13-15-30/h6-9,16-17H,10-15H2,1-5H3,(H,28,32). The van der Waals surface area contributed by atoms with E-state index in [-0.39, 0.29) is 16.8 Å². The van der Waals surface area contributed by atoms with Crippen LogP contribution in [0.25, 0.3) is 11.0 Å². The fourth-order valence-corrected chi connectivity index (χ4v) is 5.91. The number of amides is 1. The van der Waals surface area contributed by atoms with E-state index in [0.29, 0.717) is 31.6 Å². The minimum Gasteiger partial charge on any atom is -0.326 e. The third-order valence-electron chi connectivity index (χ3n) is 6.67. The van der Waals surface area contributed by atoms with Crippen LogP contribution in [0, 0.1) is 13.8 Å². The number of sulfonamides is 1. The molecule has 1 aliphatic heterocycles. The molecule has 9 nitrogen and oxygen atoms in total. The molecule has 1 amide bonds. The molecule has 4 rings (SSSR count). The van der Waals surface area contributed by atoms with Crippen LogP contribution in [-0.4, -0.2) is 71.5 Å². The molecular formula is C25H34N6O3S. The summed E-state index contributed by atoms with van der Waals surface area (Å²) in [4.78, 5) is 19.8. The number of carbonyl (C=O) groups excluding carboxylic acids is 1. The number of aromatic nitrogens is 3. The van der Waals surface area contributed by atoms with Gasteiger partial charge in [-0.1, -0.05) is 0 Å². The van der Waals surface area contributed by atoms with Crippen LogP contribution in [0.4, 0.5) is 5.69 Å². The second kappa shape index (κ2) is 10.0. The van der Waals surface area contributed by atoms with Crippen molar-refractivity contribution >= 4 is 32.7 Å². The molecule has 0 bridgehead atoms. The summed E-state index contributed by atoms with van der Waals surface area (Å²) in [5, 5.41) is 8.36. The molecule has 188 valence electrons. The normalized spacial score (nSPS) is 15.7. The van der Waals surface area contributed by atoms with Gasteiger partial charge in [-0.25, -0.2) is 18.1 Å². The van der Waals surface area contributed by atoms with E-state index in [1.54, 1.807) is 24.3 Å². The SMILES string of the molecule is Cc1nc2c(cnn2C(C)C)c(C)c1CCC(=O)Nc1ccc(S(=O)(=O)N2CCN(C)CC2)cc1. The van der Waals surface area contributed by atoms with Crippen LogP contribution >= 0.6 is 0 Å². The Bertz CT molecular complexity index is 1320. The Hall–Kier alpha value is -2.82. The van der Waals surface area contributed by atoms with Gasteiger partial charge in [0.25, 0.3) is 0 Å².